The average Bonchev–Trinajstić information content (AvgIpc) is 3.47. The highest BCUT2D eigenvalue weighted by Gasteiger charge is 2.25. The van der Waals surface area contributed by atoms with Gasteiger partial charge in [-0.2, -0.15) is 5.10 Å². The number of benzene rings is 1. The van der Waals surface area contributed by atoms with Crippen LogP contribution >= 0.6 is 0 Å². The standard InChI is InChI=1S/C24H19F3N6O3S/c1-36-24-21(32-37(34,35)22-6-3-16(25)9-18(22)26)8-15(11-30-24)20-5-7-23-29-12-17(33(23)31-20)4-2-14-10-28-13-19(14)27/h3,5-9,11-12,14,19,28,32H,10,13H2,1H3. The first-order valence-corrected chi connectivity index (χ1v) is 12.5. The number of pyridine rings is 1. The summed E-state index contributed by atoms with van der Waals surface area (Å²) in [6, 6.07) is 6.89. The highest BCUT2D eigenvalue weighted by Crippen LogP contribution is 2.30. The van der Waals surface area contributed by atoms with Gasteiger partial charge in [0.15, 0.2) is 5.65 Å². The minimum atomic E-state index is -4.45. The molecule has 4 heterocycles. The molecule has 13 heteroatoms. The molecule has 0 aliphatic carbocycles. The molecule has 0 bridgehead atoms. The maximum absolute atomic E-state index is 14.2. The fourth-order valence-corrected chi connectivity index (χ4v) is 4.90. The molecule has 9 nitrogen and oxygen atoms in total. The van der Waals surface area contributed by atoms with Crippen molar-refractivity contribution in [3.05, 3.63) is 66.1 Å². The molecule has 1 aromatic carbocycles. The Morgan fingerprint density at radius 3 is 2.70 bits per heavy atom. The predicted octanol–water partition coefficient (Wildman–Crippen LogP) is 2.79. The largest absolute Gasteiger partial charge is 0.480 e. The van der Waals surface area contributed by atoms with Crippen molar-refractivity contribution >= 4 is 21.4 Å². The molecule has 0 amide bonds. The summed E-state index contributed by atoms with van der Waals surface area (Å²) in [5, 5.41) is 7.47. The predicted molar refractivity (Wildman–Crippen MR) is 128 cm³/mol. The van der Waals surface area contributed by atoms with Crippen LogP contribution in [-0.2, 0) is 10.0 Å². The lowest BCUT2D eigenvalue weighted by atomic mass is 10.1. The minimum Gasteiger partial charge on any atom is -0.480 e. The SMILES string of the molecule is COc1ncc(-c2ccc3ncc(C#CC4CNCC4F)n3n2)cc1NS(=O)(=O)c1ccc(F)cc1F. The fourth-order valence-electron chi connectivity index (χ4n) is 3.79. The molecule has 1 aliphatic heterocycles. The summed E-state index contributed by atoms with van der Waals surface area (Å²) < 4.78 is 75.8. The number of alkyl halides is 1. The second-order valence-corrected chi connectivity index (χ2v) is 9.79. The van der Waals surface area contributed by atoms with Gasteiger partial charge in [-0.1, -0.05) is 5.92 Å². The van der Waals surface area contributed by atoms with Crippen molar-refractivity contribution in [1.82, 2.24) is 24.9 Å². The second-order valence-electron chi connectivity index (χ2n) is 8.14. The number of sulfonamides is 1. The maximum atomic E-state index is 14.2. The molecule has 1 fully saturated rings. The summed E-state index contributed by atoms with van der Waals surface area (Å²) in [4.78, 5) is 7.65. The molecule has 37 heavy (non-hydrogen) atoms. The van der Waals surface area contributed by atoms with Gasteiger partial charge in [-0.05, 0) is 36.3 Å². The molecular formula is C24H19F3N6O3S. The summed E-state index contributed by atoms with van der Waals surface area (Å²) in [5.74, 6) is 3.18. The second kappa shape index (κ2) is 9.72. The lowest BCUT2D eigenvalue weighted by Crippen LogP contribution is -2.16. The number of ether oxygens (including phenoxy) is 1. The number of methoxy groups -OCH3 is 1. The van der Waals surface area contributed by atoms with Crippen LogP contribution in [0, 0.1) is 29.4 Å². The Kier molecular flexibility index (Phi) is 6.45. The van der Waals surface area contributed by atoms with E-state index in [1.807, 2.05) is 0 Å². The first-order valence-electron chi connectivity index (χ1n) is 11.0. The van der Waals surface area contributed by atoms with E-state index in [1.165, 1.54) is 30.1 Å². The third kappa shape index (κ3) is 4.93. The molecule has 0 saturated carbocycles. The van der Waals surface area contributed by atoms with Gasteiger partial charge in [0, 0.05) is 30.9 Å². The number of rotatable bonds is 5. The van der Waals surface area contributed by atoms with E-state index in [-0.39, 0.29) is 18.1 Å². The number of hydrogen-bond donors (Lipinski definition) is 2. The van der Waals surface area contributed by atoms with Crippen LogP contribution in [-0.4, -0.2) is 54.4 Å². The van der Waals surface area contributed by atoms with Crippen molar-refractivity contribution in [2.75, 3.05) is 24.9 Å². The first-order chi connectivity index (χ1) is 17.7. The third-order valence-electron chi connectivity index (χ3n) is 5.66. The van der Waals surface area contributed by atoms with Gasteiger partial charge in [0.05, 0.1) is 24.9 Å². The highest BCUT2D eigenvalue weighted by molar-refractivity contribution is 7.92. The van der Waals surface area contributed by atoms with E-state index in [0.717, 1.165) is 12.1 Å². The summed E-state index contributed by atoms with van der Waals surface area (Å²) in [6.45, 7) is 0.723. The highest BCUT2D eigenvalue weighted by atomic mass is 32.2. The van der Waals surface area contributed by atoms with Crippen molar-refractivity contribution < 1.29 is 26.3 Å². The fraction of sp³-hybridized carbons (Fsp3) is 0.208. The molecule has 2 unspecified atom stereocenters. The number of nitrogens with zero attached hydrogens (tertiary/aromatic N) is 4. The Labute approximate surface area is 209 Å². The number of anilines is 1. The summed E-state index contributed by atoms with van der Waals surface area (Å²) in [5.41, 5.74) is 1.66. The molecule has 0 spiro atoms. The molecule has 2 atom stereocenters. The van der Waals surface area contributed by atoms with Crippen LogP contribution in [0.15, 0.2) is 53.7 Å². The van der Waals surface area contributed by atoms with Crippen molar-refractivity contribution in [2.45, 2.75) is 11.1 Å². The van der Waals surface area contributed by atoms with Gasteiger partial charge in [0.1, 0.15) is 34.1 Å². The van der Waals surface area contributed by atoms with Gasteiger partial charge in [0.2, 0.25) is 5.88 Å². The van der Waals surface area contributed by atoms with Crippen molar-refractivity contribution in [2.24, 2.45) is 5.92 Å². The number of fused-ring (bicyclic) bond motifs is 1. The Hall–Kier alpha value is -4.15. The molecule has 3 aromatic heterocycles. The Morgan fingerprint density at radius 1 is 1.14 bits per heavy atom. The first kappa shape index (κ1) is 24.5. The van der Waals surface area contributed by atoms with E-state index in [1.54, 1.807) is 12.1 Å². The number of imidazole rings is 1. The quantitative estimate of drug-likeness (QED) is 0.384. The van der Waals surface area contributed by atoms with E-state index >= 15 is 0 Å². The molecule has 0 radical (unpaired) electrons. The van der Waals surface area contributed by atoms with Crippen LogP contribution < -0.4 is 14.8 Å². The van der Waals surface area contributed by atoms with Crippen molar-refractivity contribution in [3.63, 3.8) is 0 Å². The molecular weight excluding hydrogens is 509 g/mol. The van der Waals surface area contributed by atoms with Crippen molar-refractivity contribution in [1.29, 1.82) is 0 Å². The zero-order valence-electron chi connectivity index (χ0n) is 19.2. The molecule has 1 aliphatic rings. The molecule has 2 N–H and O–H groups in total. The van der Waals surface area contributed by atoms with E-state index in [0.29, 0.717) is 35.2 Å². The van der Waals surface area contributed by atoms with Crippen LogP contribution in [0.4, 0.5) is 18.9 Å². The summed E-state index contributed by atoms with van der Waals surface area (Å²) in [7, 11) is -3.15. The molecule has 4 aromatic rings. The number of aromatic nitrogens is 4. The third-order valence-corrected chi connectivity index (χ3v) is 7.05. The van der Waals surface area contributed by atoms with Crippen LogP contribution in [0.5, 0.6) is 5.88 Å². The minimum absolute atomic E-state index is 0.0731. The average molecular weight is 529 g/mol. The smallest absolute Gasteiger partial charge is 0.264 e. The zero-order chi connectivity index (χ0) is 26.2. The number of nitrogens with one attached hydrogen (secondary N) is 2. The van der Waals surface area contributed by atoms with Crippen LogP contribution in [0.25, 0.3) is 16.9 Å². The normalized spacial score (nSPS) is 17.4. The van der Waals surface area contributed by atoms with Crippen LogP contribution in [0.2, 0.25) is 0 Å². The van der Waals surface area contributed by atoms with E-state index in [9.17, 15) is 21.6 Å². The van der Waals surface area contributed by atoms with Crippen LogP contribution in [0.3, 0.4) is 0 Å². The Morgan fingerprint density at radius 2 is 1.97 bits per heavy atom. The van der Waals surface area contributed by atoms with Crippen molar-refractivity contribution in [3.8, 4) is 29.0 Å². The van der Waals surface area contributed by atoms with Gasteiger partial charge in [-0.3, -0.25) is 4.72 Å². The van der Waals surface area contributed by atoms with E-state index < -0.39 is 38.6 Å². The Balaban J connectivity index is 1.50. The number of hydrogen-bond acceptors (Lipinski definition) is 7. The summed E-state index contributed by atoms with van der Waals surface area (Å²) in [6.07, 6.45) is 1.90. The van der Waals surface area contributed by atoms with Crippen LogP contribution in [0.1, 0.15) is 5.69 Å². The van der Waals surface area contributed by atoms with Gasteiger partial charge < -0.3 is 10.1 Å². The topological polar surface area (TPSA) is 111 Å². The molecule has 1 saturated heterocycles. The lowest BCUT2D eigenvalue weighted by molar-refractivity contribution is 0.323. The van der Waals surface area contributed by atoms with Gasteiger partial charge >= 0.3 is 0 Å². The van der Waals surface area contributed by atoms with Gasteiger partial charge in [-0.15, -0.1) is 0 Å². The lowest BCUT2D eigenvalue weighted by Gasteiger charge is -2.13. The summed E-state index contributed by atoms with van der Waals surface area (Å²) >= 11 is 0. The number of halogens is 3. The van der Waals surface area contributed by atoms with E-state index in [4.69, 9.17) is 4.74 Å². The zero-order valence-corrected chi connectivity index (χ0v) is 20.1. The molecule has 5 rings (SSSR count). The monoisotopic (exact) mass is 528 g/mol. The Bertz CT molecular complexity index is 1670. The maximum Gasteiger partial charge on any atom is 0.264 e. The molecule has 190 valence electrons. The van der Waals surface area contributed by atoms with Gasteiger partial charge in [0.25, 0.3) is 10.0 Å². The van der Waals surface area contributed by atoms with Gasteiger partial charge in [-0.25, -0.2) is 36.1 Å². The van der Waals surface area contributed by atoms with E-state index in [2.05, 4.69) is 36.9 Å².